The summed E-state index contributed by atoms with van der Waals surface area (Å²) < 4.78 is 30.0. The second kappa shape index (κ2) is 5.28. The summed E-state index contributed by atoms with van der Waals surface area (Å²) in [6.07, 6.45) is 0. The van der Waals surface area contributed by atoms with Crippen LogP contribution in [0.15, 0.2) is 15.7 Å². The van der Waals surface area contributed by atoms with Crippen LogP contribution in [0.25, 0.3) is 0 Å². The molecule has 0 aliphatic carbocycles. The van der Waals surface area contributed by atoms with Crippen molar-refractivity contribution in [1.29, 1.82) is 0 Å². The normalized spacial score (nSPS) is 11.3. The molecule has 0 aromatic carbocycles. The molecular formula is C8H12N2O4S2. The van der Waals surface area contributed by atoms with Crippen LogP contribution in [0.3, 0.4) is 0 Å². The minimum Gasteiger partial charge on any atom is -0.465 e. The van der Waals surface area contributed by atoms with Gasteiger partial charge >= 0.3 is 5.97 Å². The number of nitrogen functional groups attached to an aromatic ring is 1. The summed E-state index contributed by atoms with van der Waals surface area (Å²) in [6.45, 7) is 1.48. The van der Waals surface area contributed by atoms with Gasteiger partial charge in [0.05, 0.1) is 6.61 Å². The molecule has 16 heavy (non-hydrogen) atoms. The standard InChI is InChI=1S/C8H12N2O4S2/c1-2-14-7(11)4-10-16(12,13)8-3-6(9)5-15-8/h3,5,10H,2,4,9H2,1H3. The minimum absolute atomic E-state index is 0.0781. The number of hydrogen-bond acceptors (Lipinski definition) is 6. The second-order valence-electron chi connectivity index (χ2n) is 2.83. The van der Waals surface area contributed by atoms with Crippen molar-refractivity contribution in [3.8, 4) is 0 Å². The van der Waals surface area contributed by atoms with Crippen molar-refractivity contribution < 1.29 is 17.9 Å². The number of hydrogen-bond donors (Lipinski definition) is 2. The molecule has 0 bridgehead atoms. The molecule has 8 heteroatoms. The molecule has 0 unspecified atom stereocenters. The quantitative estimate of drug-likeness (QED) is 0.739. The fourth-order valence-corrected chi connectivity index (χ4v) is 3.00. The van der Waals surface area contributed by atoms with E-state index in [0.29, 0.717) is 5.69 Å². The Balaban J connectivity index is 2.63. The predicted molar refractivity (Wildman–Crippen MR) is 60.6 cm³/mol. The molecule has 0 spiro atoms. The summed E-state index contributed by atoms with van der Waals surface area (Å²) in [5, 5.41) is 1.51. The number of thiophene rings is 1. The predicted octanol–water partition coefficient (Wildman–Crippen LogP) is 0.172. The van der Waals surface area contributed by atoms with E-state index in [2.05, 4.69) is 9.46 Å². The topological polar surface area (TPSA) is 98.5 Å². The lowest BCUT2D eigenvalue weighted by atomic mass is 10.6. The van der Waals surface area contributed by atoms with Gasteiger partial charge in [0.15, 0.2) is 0 Å². The van der Waals surface area contributed by atoms with Gasteiger partial charge in [-0.25, -0.2) is 8.42 Å². The highest BCUT2D eigenvalue weighted by molar-refractivity contribution is 7.91. The summed E-state index contributed by atoms with van der Waals surface area (Å²) in [6, 6.07) is 1.33. The van der Waals surface area contributed by atoms with Crippen LogP contribution in [-0.2, 0) is 19.6 Å². The van der Waals surface area contributed by atoms with Crippen LogP contribution < -0.4 is 10.5 Å². The van der Waals surface area contributed by atoms with Gasteiger partial charge in [0.25, 0.3) is 10.0 Å². The van der Waals surface area contributed by atoms with Crippen LogP contribution in [0.2, 0.25) is 0 Å². The first-order valence-corrected chi connectivity index (χ1v) is 6.81. The largest absolute Gasteiger partial charge is 0.465 e. The summed E-state index contributed by atoms with van der Waals surface area (Å²) in [7, 11) is -3.67. The van der Waals surface area contributed by atoms with E-state index in [4.69, 9.17) is 5.73 Å². The van der Waals surface area contributed by atoms with Gasteiger partial charge in [-0.3, -0.25) is 4.79 Å². The Hall–Kier alpha value is -1.12. The number of carbonyl (C=O) groups excluding carboxylic acids is 1. The molecule has 1 aromatic rings. The van der Waals surface area contributed by atoms with Gasteiger partial charge in [0, 0.05) is 11.1 Å². The van der Waals surface area contributed by atoms with Gasteiger partial charge in [-0.15, -0.1) is 11.3 Å². The van der Waals surface area contributed by atoms with Crippen molar-refractivity contribution in [2.45, 2.75) is 11.1 Å². The van der Waals surface area contributed by atoms with Crippen LogP contribution in [0.5, 0.6) is 0 Å². The third-order valence-electron chi connectivity index (χ3n) is 1.57. The van der Waals surface area contributed by atoms with E-state index in [-0.39, 0.29) is 17.4 Å². The van der Waals surface area contributed by atoms with E-state index in [1.165, 1.54) is 11.4 Å². The summed E-state index contributed by atoms with van der Waals surface area (Å²) in [4.78, 5) is 11.0. The van der Waals surface area contributed by atoms with Gasteiger partial charge in [0.2, 0.25) is 0 Å². The summed E-state index contributed by atoms with van der Waals surface area (Å²) >= 11 is 0.994. The van der Waals surface area contributed by atoms with Crippen molar-refractivity contribution in [3.05, 3.63) is 11.4 Å². The number of ether oxygens (including phenoxy) is 1. The Bertz CT molecular complexity index is 466. The van der Waals surface area contributed by atoms with Crippen LogP contribution >= 0.6 is 11.3 Å². The Morgan fingerprint density at radius 3 is 2.81 bits per heavy atom. The highest BCUT2D eigenvalue weighted by atomic mass is 32.2. The van der Waals surface area contributed by atoms with Crippen molar-refractivity contribution in [2.24, 2.45) is 0 Å². The molecule has 0 amide bonds. The zero-order valence-electron chi connectivity index (χ0n) is 8.60. The number of nitrogens with two attached hydrogens (primary N) is 1. The van der Waals surface area contributed by atoms with Crippen molar-refractivity contribution in [3.63, 3.8) is 0 Å². The number of esters is 1. The summed E-state index contributed by atoms with van der Waals surface area (Å²) in [5.74, 6) is -0.615. The van der Waals surface area contributed by atoms with Crippen molar-refractivity contribution in [2.75, 3.05) is 18.9 Å². The van der Waals surface area contributed by atoms with E-state index >= 15 is 0 Å². The maximum absolute atomic E-state index is 11.6. The molecule has 1 aromatic heterocycles. The van der Waals surface area contributed by atoms with Crippen LogP contribution in [0.1, 0.15) is 6.92 Å². The monoisotopic (exact) mass is 264 g/mol. The minimum atomic E-state index is -3.67. The number of rotatable bonds is 5. The average Bonchev–Trinajstić information content (AvgIpc) is 2.63. The smallest absolute Gasteiger partial charge is 0.321 e. The van der Waals surface area contributed by atoms with Crippen LogP contribution in [0, 0.1) is 0 Å². The zero-order valence-corrected chi connectivity index (χ0v) is 10.2. The lowest BCUT2D eigenvalue weighted by Crippen LogP contribution is -2.30. The maximum Gasteiger partial charge on any atom is 0.321 e. The van der Waals surface area contributed by atoms with E-state index in [0.717, 1.165) is 11.3 Å². The van der Waals surface area contributed by atoms with E-state index in [1.807, 2.05) is 0 Å². The molecule has 1 rings (SSSR count). The number of sulfonamides is 1. The van der Waals surface area contributed by atoms with Gasteiger partial charge in [0.1, 0.15) is 10.8 Å². The number of nitrogens with one attached hydrogen (secondary N) is 1. The van der Waals surface area contributed by atoms with E-state index in [9.17, 15) is 13.2 Å². The molecule has 1 heterocycles. The molecule has 0 aliphatic heterocycles. The molecule has 0 atom stereocenters. The Morgan fingerprint density at radius 2 is 2.31 bits per heavy atom. The van der Waals surface area contributed by atoms with Gasteiger partial charge < -0.3 is 10.5 Å². The van der Waals surface area contributed by atoms with Gasteiger partial charge in [-0.05, 0) is 13.0 Å². The highest BCUT2D eigenvalue weighted by Gasteiger charge is 2.17. The third kappa shape index (κ3) is 3.47. The van der Waals surface area contributed by atoms with Gasteiger partial charge in [-0.1, -0.05) is 0 Å². The fourth-order valence-electron chi connectivity index (χ4n) is 0.908. The second-order valence-corrected chi connectivity index (χ2v) is 5.73. The van der Waals surface area contributed by atoms with Crippen molar-refractivity contribution >= 4 is 33.0 Å². The molecule has 90 valence electrons. The molecule has 0 fully saturated rings. The Labute approximate surface area is 97.5 Å². The highest BCUT2D eigenvalue weighted by Crippen LogP contribution is 2.20. The Kier molecular flexibility index (Phi) is 4.27. The third-order valence-corrected chi connectivity index (χ3v) is 4.43. The molecule has 0 radical (unpaired) electrons. The number of carbonyl (C=O) groups is 1. The first-order valence-electron chi connectivity index (χ1n) is 4.45. The fraction of sp³-hybridized carbons (Fsp3) is 0.375. The molecule has 0 saturated heterocycles. The van der Waals surface area contributed by atoms with Gasteiger partial charge in [-0.2, -0.15) is 4.72 Å². The maximum atomic E-state index is 11.6. The van der Waals surface area contributed by atoms with Crippen LogP contribution in [0.4, 0.5) is 5.69 Å². The Morgan fingerprint density at radius 1 is 1.62 bits per heavy atom. The first-order chi connectivity index (χ1) is 7.45. The molecule has 0 aliphatic rings. The molecular weight excluding hydrogens is 252 g/mol. The summed E-state index contributed by atoms with van der Waals surface area (Å²) in [5.41, 5.74) is 5.78. The SMILES string of the molecule is CCOC(=O)CNS(=O)(=O)c1cc(N)cs1. The lowest BCUT2D eigenvalue weighted by Gasteiger charge is -2.03. The molecule has 6 nitrogen and oxygen atoms in total. The van der Waals surface area contributed by atoms with E-state index in [1.54, 1.807) is 6.92 Å². The number of anilines is 1. The van der Waals surface area contributed by atoms with E-state index < -0.39 is 16.0 Å². The molecule has 0 saturated carbocycles. The zero-order chi connectivity index (χ0) is 12.2. The van der Waals surface area contributed by atoms with Crippen molar-refractivity contribution in [1.82, 2.24) is 4.72 Å². The first kappa shape index (κ1) is 12.9. The lowest BCUT2D eigenvalue weighted by molar-refractivity contribution is -0.141. The van der Waals surface area contributed by atoms with Crippen LogP contribution in [-0.4, -0.2) is 27.5 Å². The average molecular weight is 264 g/mol. The molecule has 3 N–H and O–H groups in total.